The van der Waals surface area contributed by atoms with Gasteiger partial charge in [-0.25, -0.2) is 4.99 Å². The third-order valence-electron chi connectivity index (χ3n) is 3.41. The first-order valence-electron chi connectivity index (χ1n) is 8.17. The molecule has 1 aromatic carbocycles. The highest BCUT2D eigenvalue weighted by molar-refractivity contribution is 7.10. The Morgan fingerprint density at radius 1 is 1.33 bits per heavy atom. The lowest BCUT2D eigenvalue weighted by Gasteiger charge is -2.17. The van der Waals surface area contributed by atoms with Crippen LogP contribution in [0.4, 0.5) is 0 Å². The van der Waals surface area contributed by atoms with Crippen molar-refractivity contribution in [2.24, 2.45) is 4.99 Å². The number of hydrogen-bond acceptors (Lipinski definition) is 4. The summed E-state index contributed by atoms with van der Waals surface area (Å²) in [5, 5.41) is 18.5. The van der Waals surface area contributed by atoms with Gasteiger partial charge in [-0.1, -0.05) is 12.1 Å². The van der Waals surface area contributed by atoms with Crippen LogP contribution in [0.5, 0.6) is 11.5 Å². The van der Waals surface area contributed by atoms with Gasteiger partial charge in [0.25, 0.3) is 0 Å². The van der Waals surface area contributed by atoms with Gasteiger partial charge in [0.2, 0.25) is 0 Å². The van der Waals surface area contributed by atoms with E-state index in [-0.39, 0.29) is 11.8 Å². The van der Waals surface area contributed by atoms with Crippen molar-refractivity contribution in [3.8, 4) is 11.5 Å². The van der Waals surface area contributed by atoms with Crippen molar-refractivity contribution in [2.45, 2.75) is 33.4 Å². The number of rotatable bonds is 7. The normalized spacial score (nSPS) is 12.7. The van der Waals surface area contributed by atoms with E-state index in [1.54, 1.807) is 17.4 Å². The number of guanidine groups is 1. The quantitative estimate of drug-likeness (QED) is 0.528. The molecule has 0 saturated heterocycles. The average molecular weight is 347 g/mol. The Morgan fingerprint density at radius 3 is 2.83 bits per heavy atom. The fourth-order valence-electron chi connectivity index (χ4n) is 2.23. The molecule has 3 N–H and O–H groups in total. The molecule has 2 rings (SSSR count). The molecule has 0 aliphatic carbocycles. The van der Waals surface area contributed by atoms with E-state index in [9.17, 15) is 5.11 Å². The second-order valence-corrected chi connectivity index (χ2v) is 6.29. The maximum atomic E-state index is 9.77. The molecule has 0 fully saturated rings. The summed E-state index contributed by atoms with van der Waals surface area (Å²) in [7, 11) is 0. The topological polar surface area (TPSA) is 65.9 Å². The number of ether oxygens (including phenoxy) is 1. The van der Waals surface area contributed by atoms with Gasteiger partial charge in [-0.2, -0.15) is 0 Å². The Bertz CT molecular complexity index is 656. The molecule has 5 nitrogen and oxygen atoms in total. The monoisotopic (exact) mass is 347 g/mol. The zero-order chi connectivity index (χ0) is 17.4. The van der Waals surface area contributed by atoms with E-state index in [1.807, 2.05) is 32.0 Å². The molecule has 0 amide bonds. The molecule has 0 saturated carbocycles. The van der Waals surface area contributed by atoms with Crippen molar-refractivity contribution in [1.29, 1.82) is 0 Å². The molecular formula is C18H25N3O2S. The third-order valence-corrected chi connectivity index (χ3v) is 4.47. The Kier molecular flexibility index (Phi) is 6.93. The van der Waals surface area contributed by atoms with Gasteiger partial charge in [0, 0.05) is 11.4 Å². The highest BCUT2D eigenvalue weighted by Crippen LogP contribution is 2.27. The molecular weight excluding hydrogens is 322 g/mol. The van der Waals surface area contributed by atoms with Crippen LogP contribution in [-0.4, -0.2) is 24.2 Å². The van der Waals surface area contributed by atoms with Gasteiger partial charge in [-0.05, 0) is 49.9 Å². The summed E-state index contributed by atoms with van der Waals surface area (Å²) in [5.74, 6) is 1.42. The molecule has 0 bridgehead atoms. The van der Waals surface area contributed by atoms with Gasteiger partial charge >= 0.3 is 0 Å². The lowest BCUT2D eigenvalue weighted by atomic mass is 10.2. The number of benzene rings is 1. The number of nitrogens with zero attached hydrogens (tertiary/aromatic N) is 1. The van der Waals surface area contributed by atoms with E-state index in [2.05, 4.69) is 34.0 Å². The second-order valence-electron chi connectivity index (χ2n) is 5.31. The Morgan fingerprint density at radius 2 is 2.17 bits per heavy atom. The van der Waals surface area contributed by atoms with Crippen molar-refractivity contribution in [3.05, 3.63) is 46.2 Å². The van der Waals surface area contributed by atoms with Crippen molar-refractivity contribution in [2.75, 3.05) is 13.2 Å². The van der Waals surface area contributed by atoms with E-state index in [0.717, 1.165) is 18.1 Å². The van der Waals surface area contributed by atoms with Gasteiger partial charge in [0.1, 0.15) is 0 Å². The predicted molar refractivity (Wildman–Crippen MR) is 100.0 cm³/mol. The van der Waals surface area contributed by atoms with E-state index in [4.69, 9.17) is 4.74 Å². The largest absolute Gasteiger partial charge is 0.504 e. The van der Waals surface area contributed by atoms with Crippen molar-refractivity contribution >= 4 is 17.3 Å². The number of phenols is 1. The Balaban J connectivity index is 2.06. The van der Waals surface area contributed by atoms with Gasteiger partial charge in [-0.3, -0.25) is 0 Å². The average Bonchev–Trinajstić information content (AvgIpc) is 3.10. The molecule has 0 aliphatic heterocycles. The van der Waals surface area contributed by atoms with Crippen LogP contribution < -0.4 is 15.4 Å². The molecule has 1 atom stereocenters. The van der Waals surface area contributed by atoms with Gasteiger partial charge in [-0.15, -0.1) is 11.3 Å². The smallest absolute Gasteiger partial charge is 0.192 e. The van der Waals surface area contributed by atoms with Crippen molar-refractivity contribution in [1.82, 2.24) is 10.6 Å². The zero-order valence-electron chi connectivity index (χ0n) is 14.4. The maximum Gasteiger partial charge on any atom is 0.192 e. The van der Waals surface area contributed by atoms with E-state index < -0.39 is 0 Å². The second kappa shape index (κ2) is 9.17. The van der Waals surface area contributed by atoms with Crippen molar-refractivity contribution in [3.63, 3.8) is 0 Å². The molecule has 130 valence electrons. The fraction of sp³-hybridized carbons (Fsp3) is 0.389. The lowest BCUT2D eigenvalue weighted by molar-refractivity contribution is 0.318. The summed E-state index contributed by atoms with van der Waals surface area (Å²) >= 11 is 1.72. The fourth-order valence-corrected chi connectivity index (χ4v) is 2.97. The minimum absolute atomic E-state index is 0.154. The Hall–Kier alpha value is -2.21. The van der Waals surface area contributed by atoms with Crippen LogP contribution >= 0.6 is 11.3 Å². The van der Waals surface area contributed by atoms with Gasteiger partial charge in [0.15, 0.2) is 17.5 Å². The van der Waals surface area contributed by atoms with Crippen LogP contribution in [0, 0.1) is 0 Å². The summed E-state index contributed by atoms with van der Waals surface area (Å²) in [5.41, 5.74) is 0.984. The SMILES string of the molecule is CCNC(=NCc1ccc(O)c(OCC)c1)NC(C)c1cccs1. The van der Waals surface area contributed by atoms with E-state index >= 15 is 0 Å². The molecule has 1 heterocycles. The summed E-state index contributed by atoms with van der Waals surface area (Å²) in [6.07, 6.45) is 0. The molecule has 1 unspecified atom stereocenters. The van der Waals surface area contributed by atoms with Crippen LogP contribution in [-0.2, 0) is 6.54 Å². The number of thiophene rings is 1. The summed E-state index contributed by atoms with van der Waals surface area (Å²) in [6, 6.07) is 9.68. The first-order valence-corrected chi connectivity index (χ1v) is 9.05. The maximum absolute atomic E-state index is 9.77. The molecule has 0 aliphatic rings. The standard InChI is InChI=1S/C18H25N3O2S/c1-4-19-18(21-13(3)17-7-6-10-24-17)20-12-14-8-9-15(22)16(11-14)23-5-2/h6-11,13,22H,4-5,12H2,1-3H3,(H2,19,20,21). The van der Waals surface area contributed by atoms with Crippen molar-refractivity contribution < 1.29 is 9.84 Å². The third kappa shape index (κ3) is 5.16. The highest BCUT2D eigenvalue weighted by Gasteiger charge is 2.09. The molecule has 2 aromatic rings. The molecule has 0 spiro atoms. The number of nitrogens with one attached hydrogen (secondary N) is 2. The van der Waals surface area contributed by atoms with Crippen LogP contribution in [0.2, 0.25) is 0 Å². The lowest BCUT2D eigenvalue weighted by Crippen LogP contribution is -2.38. The summed E-state index contributed by atoms with van der Waals surface area (Å²) in [6.45, 7) is 7.87. The Labute approximate surface area is 147 Å². The van der Waals surface area contributed by atoms with Crippen LogP contribution in [0.15, 0.2) is 40.7 Å². The van der Waals surface area contributed by atoms with E-state index in [1.165, 1.54) is 4.88 Å². The molecule has 6 heteroatoms. The molecule has 0 radical (unpaired) electrons. The first-order chi connectivity index (χ1) is 11.6. The minimum atomic E-state index is 0.154. The number of aromatic hydroxyl groups is 1. The highest BCUT2D eigenvalue weighted by atomic mass is 32.1. The summed E-state index contributed by atoms with van der Waals surface area (Å²) in [4.78, 5) is 5.89. The van der Waals surface area contributed by atoms with Crippen LogP contribution in [0.1, 0.15) is 37.3 Å². The van der Waals surface area contributed by atoms with Crippen LogP contribution in [0.3, 0.4) is 0 Å². The van der Waals surface area contributed by atoms with Gasteiger partial charge < -0.3 is 20.5 Å². The number of phenolic OH excluding ortho intramolecular Hbond substituents is 1. The minimum Gasteiger partial charge on any atom is -0.504 e. The van der Waals surface area contributed by atoms with E-state index in [0.29, 0.717) is 18.9 Å². The zero-order valence-corrected chi connectivity index (χ0v) is 15.2. The number of aliphatic imine (C=N–C) groups is 1. The first kappa shape index (κ1) is 18.1. The summed E-state index contributed by atoms with van der Waals surface area (Å²) < 4.78 is 5.42. The molecule has 1 aromatic heterocycles. The molecule has 24 heavy (non-hydrogen) atoms. The predicted octanol–water partition coefficient (Wildman–Crippen LogP) is 3.67. The van der Waals surface area contributed by atoms with Crippen LogP contribution in [0.25, 0.3) is 0 Å². The number of hydrogen-bond donors (Lipinski definition) is 3. The van der Waals surface area contributed by atoms with Gasteiger partial charge in [0.05, 0.1) is 19.2 Å².